The summed E-state index contributed by atoms with van der Waals surface area (Å²) in [7, 11) is 4.76. The van der Waals surface area contributed by atoms with Crippen LogP contribution in [-0.4, -0.2) is 32.1 Å². The van der Waals surface area contributed by atoms with Crippen molar-refractivity contribution in [1.29, 1.82) is 0 Å². The second-order valence-electron chi connectivity index (χ2n) is 5.35. The number of carbonyl (C=O) groups excluding carboxylic acids is 1. The molecule has 0 radical (unpaired) electrons. The summed E-state index contributed by atoms with van der Waals surface area (Å²) in [6.45, 7) is 0.206. The van der Waals surface area contributed by atoms with Crippen LogP contribution in [0, 0.1) is 5.82 Å². The van der Waals surface area contributed by atoms with Crippen molar-refractivity contribution in [2.75, 3.05) is 21.3 Å². The predicted molar refractivity (Wildman–Crippen MR) is 93.8 cm³/mol. The maximum atomic E-state index is 13.8. The van der Waals surface area contributed by atoms with Gasteiger partial charge in [0.25, 0.3) is 0 Å². The zero-order valence-electron chi connectivity index (χ0n) is 13.8. The van der Waals surface area contributed by atoms with E-state index in [2.05, 4.69) is 15.9 Å². The molecule has 6 heteroatoms. The van der Waals surface area contributed by atoms with Crippen LogP contribution < -0.4 is 9.47 Å². The van der Waals surface area contributed by atoms with E-state index in [0.29, 0.717) is 17.1 Å². The van der Waals surface area contributed by atoms with Crippen LogP contribution in [0.25, 0.3) is 0 Å². The van der Waals surface area contributed by atoms with Crippen LogP contribution in [0.4, 0.5) is 4.39 Å². The first kappa shape index (κ1) is 18.3. The highest BCUT2D eigenvalue weighted by Gasteiger charge is 2.14. The average Bonchev–Trinajstić information content (AvgIpc) is 2.57. The third kappa shape index (κ3) is 4.47. The number of methoxy groups -OCH3 is 2. The minimum atomic E-state index is -0.330. The minimum absolute atomic E-state index is 0.110. The van der Waals surface area contributed by atoms with Crippen LogP contribution >= 0.6 is 15.9 Å². The second-order valence-corrected chi connectivity index (χ2v) is 6.27. The number of carbonyl (C=O) groups is 1. The van der Waals surface area contributed by atoms with Gasteiger partial charge in [-0.1, -0.05) is 22.0 Å². The lowest BCUT2D eigenvalue weighted by molar-refractivity contribution is -0.129. The number of amides is 1. The number of hydrogen-bond acceptors (Lipinski definition) is 3. The van der Waals surface area contributed by atoms with Gasteiger partial charge in [0.15, 0.2) is 11.5 Å². The molecule has 0 saturated carbocycles. The molecule has 24 heavy (non-hydrogen) atoms. The first-order valence-corrected chi connectivity index (χ1v) is 8.12. The number of ether oxygens (including phenoxy) is 2. The number of halogens is 2. The van der Waals surface area contributed by atoms with Crippen molar-refractivity contribution >= 4 is 21.8 Å². The average molecular weight is 396 g/mol. The molecule has 0 spiro atoms. The van der Waals surface area contributed by atoms with Gasteiger partial charge in [0, 0.05) is 23.6 Å². The molecule has 0 aliphatic rings. The van der Waals surface area contributed by atoms with E-state index in [-0.39, 0.29) is 24.7 Å². The van der Waals surface area contributed by atoms with Crippen molar-refractivity contribution in [3.8, 4) is 11.5 Å². The molecule has 0 aliphatic heterocycles. The summed E-state index contributed by atoms with van der Waals surface area (Å²) in [6.07, 6.45) is 0.201. The second kappa shape index (κ2) is 8.15. The highest BCUT2D eigenvalue weighted by molar-refractivity contribution is 9.10. The van der Waals surface area contributed by atoms with Gasteiger partial charge in [-0.2, -0.15) is 0 Å². The molecular formula is C18H19BrFNO3. The van der Waals surface area contributed by atoms with Crippen molar-refractivity contribution < 1.29 is 18.7 Å². The summed E-state index contributed by atoms with van der Waals surface area (Å²) in [5, 5.41) is 0. The lowest BCUT2D eigenvalue weighted by Crippen LogP contribution is -2.28. The SMILES string of the molecule is COc1ccc(CC(=O)N(C)Cc2cc(Br)ccc2F)cc1OC. The van der Waals surface area contributed by atoms with Gasteiger partial charge in [-0.05, 0) is 35.9 Å². The Bertz CT molecular complexity index is 736. The van der Waals surface area contributed by atoms with Crippen LogP contribution in [0.5, 0.6) is 11.5 Å². The normalized spacial score (nSPS) is 10.4. The standard InChI is InChI=1S/C18H19BrFNO3/c1-21(11-13-10-14(19)5-6-15(13)20)18(22)9-12-4-7-16(23-2)17(8-12)24-3/h4-8,10H,9,11H2,1-3H3. The van der Waals surface area contributed by atoms with E-state index in [0.717, 1.165) is 10.0 Å². The van der Waals surface area contributed by atoms with Crippen molar-refractivity contribution in [2.24, 2.45) is 0 Å². The van der Waals surface area contributed by atoms with E-state index in [1.165, 1.54) is 11.0 Å². The predicted octanol–water partition coefficient (Wildman–Crippen LogP) is 3.81. The molecule has 4 nitrogen and oxygen atoms in total. The molecule has 2 aromatic carbocycles. The van der Waals surface area contributed by atoms with Gasteiger partial charge < -0.3 is 14.4 Å². The summed E-state index contributed by atoms with van der Waals surface area (Å²) in [5.74, 6) is 0.743. The first-order chi connectivity index (χ1) is 11.4. The summed E-state index contributed by atoms with van der Waals surface area (Å²) >= 11 is 3.31. The summed E-state index contributed by atoms with van der Waals surface area (Å²) in [5.41, 5.74) is 1.27. The molecular weight excluding hydrogens is 377 g/mol. The number of nitrogens with zero attached hydrogens (tertiary/aromatic N) is 1. The van der Waals surface area contributed by atoms with Crippen LogP contribution in [0.15, 0.2) is 40.9 Å². The Hall–Kier alpha value is -2.08. The number of hydrogen-bond donors (Lipinski definition) is 0. The first-order valence-electron chi connectivity index (χ1n) is 7.33. The van der Waals surface area contributed by atoms with Crippen molar-refractivity contribution in [2.45, 2.75) is 13.0 Å². The van der Waals surface area contributed by atoms with Crippen LogP contribution in [0.2, 0.25) is 0 Å². The fraction of sp³-hybridized carbons (Fsp3) is 0.278. The Labute approximate surface area is 149 Å². The fourth-order valence-electron chi connectivity index (χ4n) is 2.31. The zero-order chi connectivity index (χ0) is 17.7. The van der Waals surface area contributed by atoms with E-state index in [1.54, 1.807) is 45.5 Å². The quantitative estimate of drug-likeness (QED) is 0.746. The molecule has 0 atom stereocenters. The van der Waals surface area contributed by atoms with Crippen molar-refractivity contribution in [1.82, 2.24) is 4.90 Å². The largest absolute Gasteiger partial charge is 0.493 e. The van der Waals surface area contributed by atoms with Gasteiger partial charge in [0.1, 0.15) is 5.82 Å². The molecule has 0 bridgehead atoms. The molecule has 2 aromatic rings. The van der Waals surface area contributed by atoms with E-state index in [1.807, 2.05) is 6.07 Å². The Balaban J connectivity index is 2.07. The fourth-order valence-corrected chi connectivity index (χ4v) is 2.72. The molecule has 0 N–H and O–H groups in total. The lowest BCUT2D eigenvalue weighted by Gasteiger charge is -2.18. The van der Waals surface area contributed by atoms with Gasteiger partial charge in [-0.15, -0.1) is 0 Å². The summed E-state index contributed by atoms with van der Waals surface area (Å²) in [6, 6.07) is 10.0. The molecule has 0 saturated heterocycles. The molecule has 0 unspecified atom stereocenters. The van der Waals surface area contributed by atoms with Crippen LogP contribution in [0.3, 0.4) is 0 Å². The highest BCUT2D eigenvalue weighted by atomic mass is 79.9. The van der Waals surface area contributed by atoms with Crippen molar-refractivity contribution in [3.63, 3.8) is 0 Å². The molecule has 0 fully saturated rings. The number of likely N-dealkylation sites (N-methyl/N-ethyl adjacent to an activating group) is 1. The Kier molecular flexibility index (Phi) is 6.20. The van der Waals surface area contributed by atoms with E-state index in [9.17, 15) is 9.18 Å². The highest BCUT2D eigenvalue weighted by Crippen LogP contribution is 2.28. The van der Waals surface area contributed by atoms with Crippen LogP contribution in [0.1, 0.15) is 11.1 Å². The molecule has 0 aliphatic carbocycles. The number of rotatable bonds is 6. The Morgan fingerprint density at radius 2 is 1.83 bits per heavy atom. The molecule has 128 valence electrons. The van der Waals surface area contributed by atoms with Gasteiger partial charge in [0.2, 0.25) is 5.91 Å². The van der Waals surface area contributed by atoms with E-state index >= 15 is 0 Å². The molecule has 0 heterocycles. The van der Waals surface area contributed by atoms with Crippen molar-refractivity contribution in [3.05, 3.63) is 57.8 Å². The Morgan fingerprint density at radius 1 is 1.12 bits per heavy atom. The third-order valence-electron chi connectivity index (χ3n) is 3.64. The van der Waals surface area contributed by atoms with Gasteiger partial charge in [-0.25, -0.2) is 4.39 Å². The van der Waals surface area contributed by atoms with E-state index < -0.39 is 0 Å². The topological polar surface area (TPSA) is 38.8 Å². The third-order valence-corrected chi connectivity index (χ3v) is 4.14. The van der Waals surface area contributed by atoms with Gasteiger partial charge in [0.05, 0.1) is 20.6 Å². The smallest absolute Gasteiger partial charge is 0.227 e. The lowest BCUT2D eigenvalue weighted by atomic mass is 10.1. The summed E-state index contributed by atoms with van der Waals surface area (Å²) < 4.78 is 25.0. The Morgan fingerprint density at radius 3 is 2.50 bits per heavy atom. The maximum absolute atomic E-state index is 13.8. The van der Waals surface area contributed by atoms with Gasteiger partial charge in [-0.3, -0.25) is 4.79 Å². The molecule has 1 amide bonds. The van der Waals surface area contributed by atoms with Crippen LogP contribution in [-0.2, 0) is 17.8 Å². The minimum Gasteiger partial charge on any atom is -0.493 e. The van der Waals surface area contributed by atoms with E-state index in [4.69, 9.17) is 9.47 Å². The summed E-state index contributed by atoms with van der Waals surface area (Å²) in [4.78, 5) is 13.9. The number of benzene rings is 2. The monoisotopic (exact) mass is 395 g/mol. The zero-order valence-corrected chi connectivity index (χ0v) is 15.4. The van der Waals surface area contributed by atoms with Gasteiger partial charge >= 0.3 is 0 Å². The molecule has 0 aromatic heterocycles. The molecule has 2 rings (SSSR count). The maximum Gasteiger partial charge on any atom is 0.227 e.